The van der Waals surface area contributed by atoms with Crippen molar-refractivity contribution in [1.82, 2.24) is 4.57 Å². The van der Waals surface area contributed by atoms with Crippen molar-refractivity contribution in [3.8, 4) is 0 Å². The van der Waals surface area contributed by atoms with Crippen LogP contribution >= 0.6 is 11.3 Å². The van der Waals surface area contributed by atoms with E-state index in [1.807, 2.05) is 25.1 Å². The quantitative estimate of drug-likeness (QED) is 0.330. The molecule has 0 saturated carbocycles. The Morgan fingerprint density at radius 3 is 2.72 bits per heavy atom. The van der Waals surface area contributed by atoms with Crippen LogP contribution in [0.1, 0.15) is 36.4 Å². The van der Waals surface area contributed by atoms with E-state index in [0.29, 0.717) is 11.4 Å². The van der Waals surface area contributed by atoms with E-state index < -0.39 is 16.7 Å². The molecule has 152 valence electrons. The highest BCUT2D eigenvalue weighted by Gasteiger charge is 2.18. The van der Waals surface area contributed by atoms with Crippen molar-refractivity contribution < 1.29 is 23.7 Å². The number of benzene rings is 1. The van der Waals surface area contributed by atoms with Crippen molar-refractivity contribution >= 4 is 39.3 Å². The van der Waals surface area contributed by atoms with Crippen LogP contribution < -0.4 is 4.80 Å². The Morgan fingerprint density at radius 2 is 2.07 bits per heavy atom. The first kappa shape index (κ1) is 20.5. The molecule has 0 aliphatic carbocycles. The van der Waals surface area contributed by atoms with Gasteiger partial charge in [-0.15, -0.1) is 0 Å². The van der Waals surface area contributed by atoms with Gasteiger partial charge in [0.15, 0.2) is 4.80 Å². The third-order valence-electron chi connectivity index (χ3n) is 4.18. The molecule has 1 aromatic carbocycles. The van der Waals surface area contributed by atoms with Crippen LogP contribution in [0.3, 0.4) is 0 Å². The fourth-order valence-electron chi connectivity index (χ4n) is 2.76. The van der Waals surface area contributed by atoms with Crippen LogP contribution in [0.25, 0.3) is 10.2 Å². The summed E-state index contributed by atoms with van der Waals surface area (Å²) in [6, 6.07) is 8.25. The summed E-state index contributed by atoms with van der Waals surface area (Å²) in [7, 11) is 0. The van der Waals surface area contributed by atoms with Gasteiger partial charge >= 0.3 is 17.8 Å². The molecule has 0 atom stereocenters. The molecule has 0 unspecified atom stereocenters. The number of thiazole rings is 1. The van der Waals surface area contributed by atoms with Crippen LogP contribution in [0.4, 0.5) is 5.88 Å². The first-order valence-electron chi connectivity index (χ1n) is 9.04. The summed E-state index contributed by atoms with van der Waals surface area (Å²) in [6.07, 6.45) is 0.987. The second kappa shape index (κ2) is 8.82. The molecule has 10 heteroatoms. The molecule has 2 aromatic heterocycles. The molecular weight excluding hydrogens is 398 g/mol. The maximum Gasteiger partial charge on any atom is 0.433 e. The van der Waals surface area contributed by atoms with Crippen LogP contribution in [0.15, 0.2) is 39.7 Å². The average molecular weight is 417 g/mol. The second-order valence-corrected chi connectivity index (χ2v) is 7.07. The lowest BCUT2D eigenvalue weighted by Crippen LogP contribution is -2.19. The molecule has 0 aliphatic rings. The first-order valence-corrected chi connectivity index (χ1v) is 9.85. The SMILES string of the molecule is CCOC(=O)CCn1c(=NC(=O)c2ccc([N+](=O)[O-])o2)sc2cc(CC)ccc21. The van der Waals surface area contributed by atoms with E-state index in [9.17, 15) is 19.7 Å². The average Bonchev–Trinajstić information content (AvgIpc) is 3.31. The summed E-state index contributed by atoms with van der Waals surface area (Å²) in [5.74, 6) is -1.82. The molecule has 0 radical (unpaired) electrons. The lowest BCUT2D eigenvalue weighted by Gasteiger charge is -2.05. The third kappa shape index (κ3) is 4.60. The van der Waals surface area contributed by atoms with Crippen LogP contribution in [-0.4, -0.2) is 28.0 Å². The van der Waals surface area contributed by atoms with E-state index in [1.165, 1.54) is 17.4 Å². The number of ether oxygens (including phenoxy) is 1. The lowest BCUT2D eigenvalue weighted by atomic mass is 10.2. The van der Waals surface area contributed by atoms with Gasteiger partial charge in [-0.1, -0.05) is 24.3 Å². The van der Waals surface area contributed by atoms with Gasteiger partial charge in [0.1, 0.15) is 4.92 Å². The van der Waals surface area contributed by atoms with Crippen LogP contribution in [-0.2, 0) is 22.5 Å². The van der Waals surface area contributed by atoms with E-state index >= 15 is 0 Å². The van der Waals surface area contributed by atoms with E-state index in [4.69, 9.17) is 9.15 Å². The van der Waals surface area contributed by atoms with Gasteiger partial charge in [0, 0.05) is 6.54 Å². The summed E-state index contributed by atoms with van der Waals surface area (Å²) >= 11 is 1.30. The number of nitrogens with zero attached hydrogens (tertiary/aromatic N) is 3. The van der Waals surface area contributed by atoms with Gasteiger partial charge in [0.25, 0.3) is 0 Å². The number of fused-ring (bicyclic) bond motifs is 1. The Morgan fingerprint density at radius 1 is 1.28 bits per heavy atom. The fourth-order valence-corrected chi connectivity index (χ4v) is 3.88. The standard InChI is InChI=1S/C19H19N3O6S/c1-3-12-5-6-13-15(11-12)29-19(21(13)10-9-17(23)27-4-2)20-18(24)14-7-8-16(28-14)22(25)26/h5-8,11H,3-4,9-10H2,1-2H3. The van der Waals surface area contributed by atoms with Gasteiger partial charge in [0.05, 0.1) is 29.3 Å². The summed E-state index contributed by atoms with van der Waals surface area (Å²) in [4.78, 5) is 38.8. The van der Waals surface area contributed by atoms with Crippen molar-refractivity contribution in [1.29, 1.82) is 0 Å². The highest BCUT2D eigenvalue weighted by atomic mass is 32.1. The molecule has 3 aromatic rings. The molecule has 2 heterocycles. The van der Waals surface area contributed by atoms with Crippen molar-refractivity contribution in [3.05, 3.63) is 56.6 Å². The third-order valence-corrected chi connectivity index (χ3v) is 5.22. The number of hydrogen-bond acceptors (Lipinski definition) is 7. The zero-order valence-corrected chi connectivity index (χ0v) is 16.7. The van der Waals surface area contributed by atoms with E-state index in [2.05, 4.69) is 4.99 Å². The molecule has 0 fully saturated rings. The molecule has 0 saturated heterocycles. The Kier molecular flexibility index (Phi) is 6.23. The summed E-state index contributed by atoms with van der Waals surface area (Å²) in [5.41, 5.74) is 1.98. The number of rotatable bonds is 7. The molecular formula is C19H19N3O6S. The predicted octanol–water partition coefficient (Wildman–Crippen LogP) is 3.46. The van der Waals surface area contributed by atoms with E-state index in [1.54, 1.807) is 11.5 Å². The molecule has 1 amide bonds. The number of amides is 1. The number of aromatic nitrogens is 1. The van der Waals surface area contributed by atoms with Gasteiger partial charge in [-0.25, -0.2) is 0 Å². The van der Waals surface area contributed by atoms with E-state index in [-0.39, 0.29) is 24.7 Å². The van der Waals surface area contributed by atoms with Gasteiger partial charge in [-0.05, 0) is 37.1 Å². The number of carbonyl (C=O) groups is 2. The zero-order valence-electron chi connectivity index (χ0n) is 15.9. The minimum Gasteiger partial charge on any atom is -0.466 e. The molecule has 9 nitrogen and oxygen atoms in total. The predicted molar refractivity (Wildman–Crippen MR) is 106 cm³/mol. The van der Waals surface area contributed by atoms with Gasteiger partial charge < -0.3 is 13.7 Å². The van der Waals surface area contributed by atoms with Crippen molar-refractivity contribution in [3.63, 3.8) is 0 Å². The number of nitro groups is 1. The number of esters is 1. The largest absolute Gasteiger partial charge is 0.466 e. The number of aryl methyl sites for hydroxylation is 2. The highest BCUT2D eigenvalue weighted by molar-refractivity contribution is 7.16. The molecule has 0 bridgehead atoms. The summed E-state index contributed by atoms with van der Waals surface area (Å²) in [6.45, 7) is 4.36. The highest BCUT2D eigenvalue weighted by Crippen LogP contribution is 2.21. The molecule has 0 N–H and O–H groups in total. The maximum atomic E-state index is 12.5. The monoisotopic (exact) mass is 417 g/mol. The van der Waals surface area contributed by atoms with Crippen molar-refractivity contribution in [2.45, 2.75) is 33.2 Å². The normalized spacial score (nSPS) is 11.7. The maximum absolute atomic E-state index is 12.5. The second-order valence-electron chi connectivity index (χ2n) is 6.06. The van der Waals surface area contributed by atoms with Gasteiger partial charge in [0.2, 0.25) is 5.76 Å². The van der Waals surface area contributed by atoms with Crippen molar-refractivity contribution in [2.24, 2.45) is 4.99 Å². The summed E-state index contributed by atoms with van der Waals surface area (Å²) in [5, 5.41) is 10.8. The van der Waals surface area contributed by atoms with E-state index in [0.717, 1.165) is 28.3 Å². The van der Waals surface area contributed by atoms with Gasteiger partial charge in [-0.2, -0.15) is 4.99 Å². The molecule has 3 rings (SSSR count). The van der Waals surface area contributed by atoms with Crippen LogP contribution in [0.5, 0.6) is 0 Å². The summed E-state index contributed by atoms with van der Waals surface area (Å²) < 4.78 is 12.6. The number of hydrogen-bond donors (Lipinski definition) is 0. The zero-order chi connectivity index (χ0) is 21.0. The smallest absolute Gasteiger partial charge is 0.433 e. The lowest BCUT2D eigenvalue weighted by molar-refractivity contribution is -0.402. The fraction of sp³-hybridized carbons (Fsp3) is 0.316. The van der Waals surface area contributed by atoms with Gasteiger partial charge in [-0.3, -0.25) is 19.7 Å². The Hall–Kier alpha value is -3.27. The molecule has 0 aliphatic heterocycles. The Bertz CT molecular complexity index is 1140. The Labute approximate surface area is 169 Å². The molecule has 29 heavy (non-hydrogen) atoms. The van der Waals surface area contributed by atoms with Crippen molar-refractivity contribution in [2.75, 3.05) is 6.61 Å². The minimum absolute atomic E-state index is 0.128. The first-order chi connectivity index (χ1) is 13.9. The number of furan rings is 1. The van der Waals surface area contributed by atoms with Crippen LogP contribution in [0.2, 0.25) is 0 Å². The molecule has 0 spiro atoms. The van der Waals surface area contributed by atoms with Crippen LogP contribution in [0, 0.1) is 10.1 Å². The Balaban J connectivity index is 2.02. The topological polar surface area (TPSA) is 117 Å². The minimum atomic E-state index is -0.731. The number of carbonyl (C=O) groups excluding carboxylic acids is 2.